The Morgan fingerprint density at radius 3 is 1.84 bits per heavy atom. The van der Waals surface area contributed by atoms with Crippen molar-refractivity contribution in [1.82, 2.24) is 5.32 Å². The molecule has 2 aromatic carbocycles. The Morgan fingerprint density at radius 2 is 1.34 bits per heavy atom. The number of ether oxygens (including phenoxy) is 3. The minimum absolute atomic E-state index is 0.0119. The average molecular weight is 441 g/mol. The maximum absolute atomic E-state index is 12.4. The van der Waals surface area contributed by atoms with Crippen molar-refractivity contribution < 1.29 is 33.4 Å². The van der Waals surface area contributed by atoms with E-state index in [0.717, 1.165) is 11.1 Å². The SMILES string of the molecule is CCOC(=O)C(C(C)=O)C(CC(=O)OCc1ccccc1)NC(=O)OCc1ccccc1. The molecule has 0 fully saturated rings. The van der Waals surface area contributed by atoms with Gasteiger partial charge in [-0.25, -0.2) is 4.79 Å². The van der Waals surface area contributed by atoms with Crippen LogP contribution in [0.15, 0.2) is 60.7 Å². The lowest BCUT2D eigenvalue weighted by atomic mass is 9.93. The molecule has 8 heteroatoms. The lowest BCUT2D eigenvalue weighted by Crippen LogP contribution is -2.48. The van der Waals surface area contributed by atoms with E-state index in [1.54, 1.807) is 43.3 Å². The first kappa shape index (κ1) is 24.6. The number of amides is 1. The highest BCUT2D eigenvalue weighted by molar-refractivity contribution is 5.99. The smallest absolute Gasteiger partial charge is 0.407 e. The fourth-order valence-corrected chi connectivity index (χ4v) is 2.99. The zero-order valence-corrected chi connectivity index (χ0v) is 18.1. The molecular formula is C24H27NO7. The van der Waals surface area contributed by atoms with E-state index < -0.39 is 42.2 Å². The molecule has 0 aliphatic carbocycles. The summed E-state index contributed by atoms with van der Waals surface area (Å²) >= 11 is 0. The van der Waals surface area contributed by atoms with Crippen LogP contribution in [0.5, 0.6) is 0 Å². The molecule has 32 heavy (non-hydrogen) atoms. The summed E-state index contributed by atoms with van der Waals surface area (Å²) in [4.78, 5) is 49.3. The van der Waals surface area contributed by atoms with E-state index >= 15 is 0 Å². The normalized spacial score (nSPS) is 12.2. The van der Waals surface area contributed by atoms with Crippen LogP contribution in [0.4, 0.5) is 4.79 Å². The van der Waals surface area contributed by atoms with Crippen LogP contribution in [0, 0.1) is 5.92 Å². The zero-order chi connectivity index (χ0) is 23.3. The first-order valence-corrected chi connectivity index (χ1v) is 10.2. The number of hydrogen-bond acceptors (Lipinski definition) is 7. The summed E-state index contributed by atoms with van der Waals surface area (Å²) in [5.74, 6) is -3.43. The molecule has 2 rings (SSSR count). The molecule has 0 heterocycles. The maximum Gasteiger partial charge on any atom is 0.407 e. The van der Waals surface area contributed by atoms with E-state index in [1.165, 1.54) is 6.92 Å². The number of ketones is 1. The second-order valence-corrected chi connectivity index (χ2v) is 7.00. The van der Waals surface area contributed by atoms with Crippen LogP contribution in [-0.2, 0) is 41.8 Å². The minimum atomic E-state index is -1.37. The molecule has 1 N–H and O–H groups in total. The van der Waals surface area contributed by atoms with Crippen molar-refractivity contribution >= 4 is 23.8 Å². The van der Waals surface area contributed by atoms with Crippen LogP contribution < -0.4 is 5.32 Å². The van der Waals surface area contributed by atoms with Crippen LogP contribution >= 0.6 is 0 Å². The highest BCUT2D eigenvalue weighted by atomic mass is 16.6. The topological polar surface area (TPSA) is 108 Å². The molecule has 2 atom stereocenters. The molecule has 0 radical (unpaired) electrons. The summed E-state index contributed by atoms with van der Waals surface area (Å²) in [6.07, 6.45) is -1.28. The third-order valence-electron chi connectivity index (χ3n) is 4.53. The number of carbonyl (C=O) groups excluding carboxylic acids is 4. The first-order chi connectivity index (χ1) is 15.4. The Hall–Kier alpha value is -3.68. The third-order valence-corrected chi connectivity index (χ3v) is 4.53. The highest BCUT2D eigenvalue weighted by Gasteiger charge is 2.37. The Balaban J connectivity index is 2.06. The van der Waals surface area contributed by atoms with Gasteiger partial charge in [0.15, 0.2) is 0 Å². The molecule has 1 amide bonds. The molecule has 0 saturated heterocycles. The molecule has 170 valence electrons. The van der Waals surface area contributed by atoms with Crippen molar-refractivity contribution in [2.75, 3.05) is 6.61 Å². The summed E-state index contributed by atoms with van der Waals surface area (Å²) < 4.78 is 15.4. The predicted octanol–water partition coefficient (Wildman–Crippen LogP) is 3.18. The Morgan fingerprint density at radius 1 is 0.812 bits per heavy atom. The highest BCUT2D eigenvalue weighted by Crippen LogP contribution is 2.15. The molecule has 8 nitrogen and oxygen atoms in total. The van der Waals surface area contributed by atoms with Gasteiger partial charge in [-0.05, 0) is 25.0 Å². The number of Topliss-reactive ketones (excluding diaryl/α,β-unsaturated/α-hetero) is 1. The molecule has 0 aliphatic rings. The number of esters is 2. The zero-order valence-electron chi connectivity index (χ0n) is 18.1. The summed E-state index contributed by atoms with van der Waals surface area (Å²) in [6.45, 7) is 2.85. The van der Waals surface area contributed by atoms with Gasteiger partial charge in [0, 0.05) is 0 Å². The number of nitrogens with one attached hydrogen (secondary N) is 1. The lowest BCUT2D eigenvalue weighted by molar-refractivity contribution is -0.153. The fourth-order valence-electron chi connectivity index (χ4n) is 2.99. The molecular weight excluding hydrogens is 414 g/mol. The number of carbonyl (C=O) groups is 4. The van der Waals surface area contributed by atoms with E-state index in [-0.39, 0.29) is 19.8 Å². The summed E-state index contributed by atoms with van der Waals surface area (Å²) in [5.41, 5.74) is 1.54. The quantitative estimate of drug-likeness (QED) is 0.324. The first-order valence-electron chi connectivity index (χ1n) is 10.2. The predicted molar refractivity (Wildman–Crippen MR) is 115 cm³/mol. The van der Waals surface area contributed by atoms with Crippen LogP contribution in [0.25, 0.3) is 0 Å². The Kier molecular flexibility index (Phi) is 9.90. The standard InChI is InChI=1S/C24H27NO7/c1-3-30-23(28)22(17(2)26)20(14-21(27)31-15-18-10-6-4-7-11-18)25-24(29)32-16-19-12-8-5-9-13-19/h4-13,20,22H,3,14-16H2,1-2H3,(H,25,29). The molecule has 0 aliphatic heterocycles. The fraction of sp³-hybridized carbons (Fsp3) is 0.333. The van der Waals surface area contributed by atoms with Crippen molar-refractivity contribution in [3.63, 3.8) is 0 Å². The third kappa shape index (κ3) is 8.22. The molecule has 0 saturated carbocycles. The summed E-state index contributed by atoms with van der Waals surface area (Å²) in [7, 11) is 0. The number of rotatable bonds is 11. The van der Waals surface area contributed by atoms with Gasteiger partial charge in [0.05, 0.1) is 19.1 Å². The van der Waals surface area contributed by atoms with Crippen molar-refractivity contribution in [3.05, 3.63) is 71.8 Å². The molecule has 0 aromatic heterocycles. The Labute approximate surface area is 186 Å². The molecule has 2 unspecified atom stereocenters. The van der Waals surface area contributed by atoms with Crippen molar-refractivity contribution in [1.29, 1.82) is 0 Å². The van der Waals surface area contributed by atoms with E-state index in [1.807, 2.05) is 24.3 Å². The van der Waals surface area contributed by atoms with Gasteiger partial charge in [0.25, 0.3) is 0 Å². The van der Waals surface area contributed by atoms with Crippen LogP contribution in [0.1, 0.15) is 31.4 Å². The number of alkyl carbamates (subject to hydrolysis) is 1. The average Bonchev–Trinajstić information content (AvgIpc) is 2.77. The molecule has 2 aromatic rings. The molecule has 0 bridgehead atoms. The largest absolute Gasteiger partial charge is 0.465 e. The minimum Gasteiger partial charge on any atom is -0.465 e. The number of hydrogen-bond donors (Lipinski definition) is 1. The van der Waals surface area contributed by atoms with Gasteiger partial charge in [0.1, 0.15) is 24.9 Å². The van der Waals surface area contributed by atoms with Gasteiger partial charge in [-0.1, -0.05) is 60.7 Å². The van der Waals surface area contributed by atoms with Gasteiger partial charge < -0.3 is 19.5 Å². The molecule has 0 spiro atoms. The van der Waals surface area contributed by atoms with Crippen molar-refractivity contribution in [2.45, 2.75) is 39.5 Å². The van der Waals surface area contributed by atoms with Gasteiger partial charge in [-0.15, -0.1) is 0 Å². The van der Waals surface area contributed by atoms with Gasteiger partial charge in [-0.3, -0.25) is 14.4 Å². The monoisotopic (exact) mass is 441 g/mol. The second kappa shape index (κ2) is 12.9. The second-order valence-electron chi connectivity index (χ2n) is 7.00. The van der Waals surface area contributed by atoms with Crippen LogP contribution in [0.2, 0.25) is 0 Å². The van der Waals surface area contributed by atoms with Gasteiger partial charge in [-0.2, -0.15) is 0 Å². The lowest BCUT2D eigenvalue weighted by Gasteiger charge is -2.24. The van der Waals surface area contributed by atoms with Gasteiger partial charge in [0.2, 0.25) is 0 Å². The summed E-state index contributed by atoms with van der Waals surface area (Å²) in [5, 5.41) is 2.45. The van der Waals surface area contributed by atoms with Crippen molar-refractivity contribution in [3.8, 4) is 0 Å². The van der Waals surface area contributed by atoms with Crippen LogP contribution in [-0.4, -0.2) is 36.5 Å². The van der Waals surface area contributed by atoms with E-state index in [9.17, 15) is 19.2 Å². The Bertz CT molecular complexity index is 842. The van der Waals surface area contributed by atoms with E-state index in [2.05, 4.69) is 5.32 Å². The van der Waals surface area contributed by atoms with E-state index in [0.29, 0.717) is 0 Å². The summed E-state index contributed by atoms with van der Waals surface area (Å²) in [6, 6.07) is 16.8. The number of benzene rings is 2. The maximum atomic E-state index is 12.4. The van der Waals surface area contributed by atoms with Crippen molar-refractivity contribution in [2.24, 2.45) is 5.92 Å². The van der Waals surface area contributed by atoms with E-state index in [4.69, 9.17) is 14.2 Å². The van der Waals surface area contributed by atoms with Gasteiger partial charge >= 0.3 is 18.0 Å². The van der Waals surface area contributed by atoms with Crippen LogP contribution in [0.3, 0.4) is 0 Å².